The number of halogens is 1. The molecule has 1 fully saturated rings. The Morgan fingerprint density at radius 3 is 2.77 bits per heavy atom. The number of carbonyl (C=O) groups excluding carboxylic acids is 1. The number of morpholine rings is 1. The predicted molar refractivity (Wildman–Crippen MR) is 94.3 cm³/mol. The highest BCUT2D eigenvalue weighted by molar-refractivity contribution is 6.31. The summed E-state index contributed by atoms with van der Waals surface area (Å²) in [5.74, 6) is -0.0261. The number of aromatic nitrogens is 4. The summed E-state index contributed by atoms with van der Waals surface area (Å²) in [4.78, 5) is 18.6. The van der Waals surface area contributed by atoms with Gasteiger partial charge in [-0.15, -0.1) is 0 Å². The second kappa shape index (κ2) is 8.61. The number of hydrogen-bond acceptors (Lipinski definition) is 7. The van der Waals surface area contributed by atoms with Crippen molar-refractivity contribution < 1.29 is 14.1 Å². The monoisotopic (exact) mass is 382 g/mol. The van der Waals surface area contributed by atoms with Crippen LogP contribution >= 0.6 is 11.6 Å². The van der Waals surface area contributed by atoms with Gasteiger partial charge in [0.05, 0.1) is 29.6 Å². The Hall–Kier alpha value is -1.97. The molecule has 10 heteroatoms. The van der Waals surface area contributed by atoms with Crippen LogP contribution in [0.2, 0.25) is 5.02 Å². The second-order valence-electron chi connectivity index (χ2n) is 6.22. The van der Waals surface area contributed by atoms with E-state index in [4.69, 9.17) is 20.9 Å². The minimum absolute atomic E-state index is 0.0426. The Bertz CT molecular complexity index is 753. The third kappa shape index (κ3) is 4.60. The van der Waals surface area contributed by atoms with Crippen molar-refractivity contribution in [2.45, 2.75) is 26.8 Å². The van der Waals surface area contributed by atoms with Crippen LogP contribution in [-0.4, -0.2) is 70.1 Å². The number of rotatable bonds is 7. The summed E-state index contributed by atoms with van der Waals surface area (Å²) >= 11 is 6.13. The molecule has 2 aromatic heterocycles. The molecule has 1 saturated heterocycles. The molecule has 0 saturated carbocycles. The molecule has 0 atom stereocenters. The number of hydrogen-bond donors (Lipinski definition) is 1. The lowest BCUT2D eigenvalue weighted by molar-refractivity contribution is 0.0374. The lowest BCUT2D eigenvalue weighted by Crippen LogP contribution is -2.38. The van der Waals surface area contributed by atoms with Gasteiger partial charge in [-0.1, -0.05) is 16.8 Å². The molecular weight excluding hydrogens is 360 g/mol. The van der Waals surface area contributed by atoms with Crippen LogP contribution in [0.1, 0.15) is 34.3 Å². The molecule has 1 aliphatic rings. The smallest absolute Gasteiger partial charge is 0.316 e. The topological polar surface area (TPSA) is 98.3 Å². The zero-order valence-corrected chi connectivity index (χ0v) is 15.8. The van der Waals surface area contributed by atoms with Gasteiger partial charge in [0.1, 0.15) is 6.54 Å². The molecular formula is C16H23ClN6O3. The Kier molecular flexibility index (Phi) is 6.23. The highest BCUT2D eigenvalue weighted by Crippen LogP contribution is 2.19. The van der Waals surface area contributed by atoms with Gasteiger partial charge < -0.3 is 14.6 Å². The van der Waals surface area contributed by atoms with Crippen molar-refractivity contribution in [2.24, 2.45) is 0 Å². The van der Waals surface area contributed by atoms with Crippen LogP contribution in [0, 0.1) is 13.8 Å². The number of ether oxygens (including phenoxy) is 1. The van der Waals surface area contributed by atoms with Crippen LogP contribution in [0.15, 0.2) is 4.52 Å². The third-order valence-corrected chi connectivity index (χ3v) is 4.83. The van der Waals surface area contributed by atoms with Crippen LogP contribution in [0.3, 0.4) is 0 Å². The Morgan fingerprint density at radius 1 is 1.31 bits per heavy atom. The summed E-state index contributed by atoms with van der Waals surface area (Å²) in [7, 11) is 0. The number of amides is 1. The van der Waals surface area contributed by atoms with Gasteiger partial charge >= 0.3 is 11.8 Å². The molecule has 0 spiro atoms. The average molecular weight is 383 g/mol. The molecule has 0 aromatic carbocycles. The van der Waals surface area contributed by atoms with Gasteiger partial charge in [-0.2, -0.15) is 10.1 Å². The summed E-state index contributed by atoms with van der Waals surface area (Å²) in [6.07, 6.45) is 0.858. The molecule has 1 aliphatic heterocycles. The van der Waals surface area contributed by atoms with Gasteiger partial charge in [0.2, 0.25) is 0 Å². The maximum absolute atomic E-state index is 12.1. The summed E-state index contributed by atoms with van der Waals surface area (Å²) in [5.41, 5.74) is 1.56. The van der Waals surface area contributed by atoms with E-state index < -0.39 is 0 Å². The lowest BCUT2D eigenvalue weighted by Gasteiger charge is -2.26. The number of aryl methyl sites for hydroxylation is 1. The molecule has 0 aliphatic carbocycles. The van der Waals surface area contributed by atoms with Crippen LogP contribution in [-0.2, 0) is 11.3 Å². The van der Waals surface area contributed by atoms with Crippen molar-refractivity contribution in [2.75, 3.05) is 39.4 Å². The maximum Gasteiger partial charge on any atom is 0.316 e. The van der Waals surface area contributed by atoms with Crippen LogP contribution in [0.4, 0.5) is 0 Å². The minimum Gasteiger partial charge on any atom is -0.379 e. The first kappa shape index (κ1) is 18.8. The molecule has 0 unspecified atom stereocenters. The van der Waals surface area contributed by atoms with E-state index in [9.17, 15) is 4.79 Å². The molecule has 142 valence electrons. The van der Waals surface area contributed by atoms with E-state index in [0.29, 0.717) is 23.9 Å². The normalized spacial score (nSPS) is 15.3. The highest BCUT2D eigenvalue weighted by atomic mass is 35.5. The SMILES string of the molecule is Cc1nn(Cc2noc(C(=O)NCCCN3CCOCC3)n2)c(C)c1Cl. The van der Waals surface area contributed by atoms with Gasteiger partial charge in [0.15, 0.2) is 5.82 Å². The van der Waals surface area contributed by atoms with Crippen LogP contribution in [0.25, 0.3) is 0 Å². The third-order valence-electron chi connectivity index (χ3n) is 4.29. The quantitative estimate of drug-likeness (QED) is 0.714. The summed E-state index contributed by atoms with van der Waals surface area (Å²) < 4.78 is 12.0. The van der Waals surface area contributed by atoms with Gasteiger partial charge in [0.25, 0.3) is 0 Å². The van der Waals surface area contributed by atoms with Crippen molar-refractivity contribution in [3.05, 3.63) is 28.1 Å². The van der Waals surface area contributed by atoms with E-state index in [2.05, 4.69) is 25.5 Å². The zero-order chi connectivity index (χ0) is 18.5. The van der Waals surface area contributed by atoms with E-state index >= 15 is 0 Å². The van der Waals surface area contributed by atoms with E-state index in [-0.39, 0.29) is 11.8 Å². The molecule has 3 rings (SSSR count). The largest absolute Gasteiger partial charge is 0.379 e. The molecule has 9 nitrogen and oxygen atoms in total. The van der Waals surface area contributed by atoms with Gasteiger partial charge in [-0.25, -0.2) is 0 Å². The molecule has 0 radical (unpaired) electrons. The van der Waals surface area contributed by atoms with E-state index in [1.165, 1.54) is 0 Å². The fourth-order valence-electron chi connectivity index (χ4n) is 2.78. The first-order chi connectivity index (χ1) is 12.5. The van der Waals surface area contributed by atoms with E-state index in [1.807, 2.05) is 13.8 Å². The van der Waals surface area contributed by atoms with Crippen molar-refractivity contribution in [1.82, 2.24) is 30.1 Å². The lowest BCUT2D eigenvalue weighted by atomic mass is 10.3. The molecule has 2 aromatic rings. The van der Waals surface area contributed by atoms with Crippen LogP contribution in [0.5, 0.6) is 0 Å². The maximum atomic E-state index is 12.1. The number of nitrogens with zero attached hydrogens (tertiary/aromatic N) is 5. The first-order valence-electron chi connectivity index (χ1n) is 8.65. The summed E-state index contributed by atoms with van der Waals surface area (Å²) in [6.45, 7) is 8.91. The number of carbonyl (C=O) groups is 1. The van der Waals surface area contributed by atoms with E-state index in [1.54, 1.807) is 4.68 Å². The molecule has 1 amide bonds. The van der Waals surface area contributed by atoms with Crippen molar-refractivity contribution in [3.8, 4) is 0 Å². The average Bonchev–Trinajstić information content (AvgIpc) is 3.21. The van der Waals surface area contributed by atoms with Gasteiger partial charge in [-0.05, 0) is 26.8 Å². The Morgan fingerprint density at radius 2 is 2.08 bits per heavy atom. The van der Waals surface area contributed by atoms with Crippen LogP contribution < -0.4 is 5.32 Å². The summed E-state index contributed by atoms with van der Waals surface area (Å²) in [6, 6.07) is 0. The van der Waals surface area contributed by atoms with Crippen molar-refractivity contribution >= 4 is 17.5 Å². The molecule has 1 N–H and O–H groups in total. The second-order valence-corrected chi connectivity index (χ2v) is 6.60. The minimum atomic E-state index is -0.364. The van der Waals surface area contributed by atoms with Crippen molar-refractivity contribution in [1.29, 1.82) is 0 Å². The fourth-order valence-corrected chi connectivity index (χ4v) is 2.91. The molecule has 0 bridgehead atoms. The van der Waals surface area contributed by atoms with Gasteiger partial charge in [-0.3, -0.25) is 14.4 Å². The molecule has 26 heavy (non-hydrogen) atoms. The Labute approximate surface area is 156 Å². The van der Waals surface area contributed by atoms with E-state index in [0.717, 1.165) is 50.7 Å². The zero-order valence-electron chi connectivity index (χ0n) is 15.0. The fraction of sp³-hybridized carbons (Fsp3) is 0.625. The summed E-state index contributed by atoms with van der Waals surface area (Å²) in [5, 5.41) is 11.6. The van der Waals surface area contributed by atoms with Crippen molar-refractivity contribution in [3.63, 3.8) is 0 Å². The number of nitrogens with one attached hydrogen (secondary N) is 1. The highest BCUT2D eigenvalue weighted by Gasteiger charge is 2.17. The standard InChI is InChI=1S/C16H23ClN6O3/c1-11-14(17)12(2)23(20-11)10-13-19-16(26-21-13)15(24)18-4-3-5-22-6-8-25-9-7-22/h3-10H2,1-2H3,(H,18,24). The van der Waals surface area contributed by atoms with Gasteiger partial charge in [0, 0.05) is 19.6 Å². The first-order valence-corrected chi connectivity index (χ1v) is 9.03. The Balaban J connectivity index is 1.46. The predicted octanol–water partition coefficient (Wildman–Crippen LogP) is 1.04. The molecule has 3 heterocycles.